The smallest absolute Gasteiger partial charge is 0.370 e. The molecule has 0 bridgehead atoms. The molecule has 4 atom stereocenters. The van der Waals surface area contributed by atoms with E-state index in [-0.39, 0.29) is 35.5 Å². The third-order valence-corrected chi connectivity index (χ3v) is 15.4. The van der Waals surface area contributed by atoms with Crippen molar-refractivity contribution < 1.29 is 91.2 Å². The van der Waals surface area contributed by atoms with Crippen molar-refractivity contribution >= 4 is 64.1 Å². The van der Waals surface area contributed by atoms with E-state index in [1.807, 2.05) is 73.7 Å². The molecule has 4 aromatic rings. The predicted molar refractivity (Wildman–Crippen MR) is 263 cm³/mol. The Hall–Kier alpha value is -8.61. The second kappa shape index (κ2) is 19.9. The average molecular weight is 1040 g/mol. The molecule has 0 spiro atoms. The maximum absolute atomic E-state index is 13.1. The number of ether oxygens (including phenoxy) is 4. The van der Waals surface area contributed by atoms with Crippen LogP contribution < -0.4 is 33.6 Å². The van der Waals surface area contributed by atoms with Crippen LogP contribution in [0, 0.1) is 0 Å². The summed E-state index contributed by atoms with van der Waals surface area (Å²) in [5.41, 5.74) is 6.43. The summed E-state index contributed by atoms with van der Waals surface area (Å²) in [6.45, 7) is 17.6. The molecule has 0 aromatic carbocycles. The number of aromatic nitrogens is 4. The summed E-state index contributed by atoms with van der Waals surface area (Å²) < 4.78 is 26.1. The second-order valence-electron chi connectivity index (χ2n) is 20.3. The molecular weight excluding hydrogens is 981 g/mol. The SMILES string of the molecule is C=C([O-])C[n+]1cc(C(=O)OC)c2c(c1)C(C)=CC2(C)C1(C)C=C(C)c2c[n+](CC(=O)O)cc(C(=O)OC)c21.COC(=O)c1c[n+](CC(=O)[O-])cc2c1C(C)=CC2(C)C1(C)C=C(C)c2c(C(=O)OC)c[n+](CC(=O)[O-])cc21. The van der Waals surface area contributed by atoms with Crippen molar-refractivity contribution in [1.82, 2.24) is 0 Å². The molecule has 4 unspecified atom stereocenters. The van der Waals surface area contributed by atoms with Crippen LogP contribution in [0.25, 0.3) is 22.3 Å². The lowest BCUT2D eigenvalue weighted by Gasteiger charge is -2.42. The van der Waals surface area contributed by atoms with Crippen LogP contribution in [-0.2, 0) is 81.2 Å². The Kier molecular flexibility index (Phi) is 14.5. The highest BCUT2D eigenvalue weighted by Crippen LogP contribution is 2.59. The van der Waals surface area contributed by atoms with Gasteiger partial charge in [0.25, 0.3) is 0 Å². The topological polar surface area (TPSA) is 261 Å². The lowest BCUT2D eigenvalue weighted by molar-refractivity contribution is -0.700. The molecular formula is C57H59N4O15+. The molecule has 0 saturated heterocycles. The number of esters is 4. The standard InChI is InChI=1S/C29H30N2O7.C28H28N2O8/c1-16-8-28(4,24-19(16)11-30(10-18(3)32)13-21(24)26(35)37-6)29(5)9-17(2)20-12-31(15-23(33)34)14-22(25(20)29)27(36)38-7;1-15-7-27(3,19-11-29(13-21(31)32)9-17(23(15)19)25(35)37-5)28(4)8-16(2)24-18(26(36)38-6)10-30(12-20(24)28)14-22(33)34/h8-9,11-14H,3,10,15H2,1-2,4-7H3;7-12H,13-14H2,1-6H3/p+1. The number of hydrogen-bond donors (Lipinski definition) is 1. The van der Waals surface area contributed by atoms with Gasteiger partial charge in [0, 0.05) is 55.0 Å². The summed E-state index contributed by atoms with van der Waals surface area (Å²) in [4.78, 5) is 86.1. The van der Waals surface area contributed by atoms with Crippen molar-refractivity contribution in [3.8, 4) is 0 Å². The van der Waals surface area contributed by atoms with Gasteiger partial charge in [-0.3, -0.25) is 0 Å². The predicted octanol–water partition coefficient (Wildman–Crippen LogP) is 1.23. The van der Waals surface area contributed by atoms with E-state index in [1.165, 1.54) is 60.7 Å². The molecule has 76 heavy (non-hydrogen) atoms. The molecule has 0 amide bonds. The van der Waals surface area contributed by atoms with E-state index in [0.29, 0.717) is 38.9 Å². The molecule has 19 nitrogen and oxygen atoms in total. The fourth-order valence-corrected chi connectivity index (χ4v) is 12.0. The molecule has 0 saturated carbocycles. The van der Waals surface area contributed by atoms with E-state index < -0.39 is 76.5 Å². The van der Waals surface area contributed by atoms with Crippen LogP contribution in [0.1, 0.15) is 141 Å². The number of nitrogens with zero attached hydrogens (tertiary/aromatic N) is 4. The highest BCUT2D eigenvalue weighted by Gasteiger charge is 2.57. The summed E-state index contributed by atoms with van der Waals surface area (Å²) in [5.74, 6) is -6.37. The molecule has 8 rings (SSSR count). The first-order valence-electron chi connectivity index (χ1n) is 23.9. The average Bonchev–Trinajstić information content (AvgIpc) is 4.00. The van der Waals surface area contributed by atoms with Crippen molar-refractivity contribution in [2.45, 2.75) is 103 Å². The molecule has 0 fully saturated rings. The Morgan fingerprint density at radius 2 is 0.763 bits per heavy atom. The van der Waals surface area contributed by atoms with Gasteiger partial charge in [-0.25, -0.2) is 28.5 Å². The van der Waals surface area contributed by atoms with Crippen LogP contribution >= 0.6 is 0 Å². The number of hydrogen-bond acceptors (Lipinski definition) is 14. The zero-order valence-electron chi connectivity index (χ0n) is 44.4. The minimum absolute atomic E-state index is 0.00352. The largest absolute Gasteiger partial charge is 0.872 e. The number of fused-ring (bicyclic) bond motifs is 4. The second-order valence-corrected chi connectivity index (χ2v) is 20.3. The molecule has 4 aliphatic rings. The lowest BCUT2D eigenvalue weighted by atomic mass is 9.59. The number of carboxylic acid groups (broad SMARTS) is 3. The highest BCUT2D eigenvalue weighted by molar-refractivity contribution is 6.00. The summed E-state index contributed by atoms with van der Waals surface area (Å²) >= 11 is 0. The maximum atomic E-state index is 13.1. The Morgan fingerprint density at radius 1 is 0.461 bits per heavy atom. The van der Waals surface area contributed by atoms with E-state index in [1.54, 1.807) is 29.4 Å². The number of rotatable bonds is 14. The van der Waals surface area contributed by atoms with Crippen LogP contribution in [0.5, 0.6) is 0 Å². The molecule has 1 N–H and O–H groups in total. The van der Waals surface area contributed by atoms with E-state index in [9.17, 15) is 54.0 Å². The Labute approximate surface area is 438 Å². The molecule has 396 valence electrons. The molecule has 0 aliphatic heterocycles. The molecule has 19 heteroatoms. The van der Waals surface area contributed by atoms with E-state index in [4.69, 9.17) is 18.9 Å². The summed E-state index contributed by atoms with van der Waals surface area (Å²) in [5, 5.41) is 44.1. The fourth-order valence-electron chi connectivity index (χ4n) is 12.0. The monoisotopic (exact) mass is 1040 g/mol. The number of carbonyl (C=O) groups is 7. The van der Waals surface area contributed by atoms with Gasteiger partial charge in [-0.1, -0.05) is 57.8 Å². The maximum Gasteiger partial charge on any atom is 0.370 e. The molecule has 4 aliphatic carbocycles. The van der Waals surface area contributed by atoms with Crippen LogP contribution in [0.3, 0.4) is 0 Å². The van der Waals surface area contributed by atoms with Crippen molar-refractivity contribution in [1.29, 1.82) is 0 Å². The Balaban J connectivity index is 0.000000221. The fraction of sp³-hybridized carbons (Fsp3) is 0.351. The van der Waals surface area contributed by atoms with Crippen LogP contribution in [0.15, 0.2) is 86.2 Å². The van der Waals surface area contributed by atoms with Gasteiger partial charge in [0.05, 0.1) is 28.4 Å². The highest BCUT2D eigenvalue weighted by atomic mass is 16.5. The quantitative estimate of drug-likeness (QED) is 0.0806. The van der Waals surface area contributed by atoms with E-state index in [0.717, 1.165) is 33.4 Å². The van der Waals surface area contributed by atoms with Gasteiger partial charge in [-0.05, 0) is 61.1 Å². The van der Waals surface area contributed by atoms with Gasteiger partial charge in [0.15, 0.2) is 69.2 Å². The number of carboxylic acids is 3. The Bertz CT molecular complexity index is 3200. The number of pyridine rings is 4. The molecule has 4 heterocycles. The van der Waals surface area contributed by atoms with Crippen molar-refractivity contribution in [2.24, 2.45) is 0 Å². The van der Waals surface area contributed by atoms with Crippen molar-refractivity contribution in [2.75, 3.05) is 28.4 Å². The van der Waals surface area contributed by atoms with Gasteiger partial charge in [-0.2, -0.15) is 13.7 Å². The first kappa shape index (κ1) is 55.1. The third-order valence-electron chi connectivity index (χ3n) is 15.4. The first-order valence-corrected chi connectivity index (χ1v) is 23.9. The van der Waals surface area contributed by atoms with Crippen LogP contribution in [0.4, 0.5) is 0 Å². The van der Waals surface area contributed by atoms with Gasteiger partial charge < -0.3 is 49.0 Å². The normalized spacial score (nSPS) is 21.2. The summed E-state index contributed by atoms with van der Waals surface area (Å²) in [7, 11) is 5.09. The van der Waals surface area contributed by atoms with Crippen molar-refractivity contribution in [3.63, 3.8) is 0 Å². The zero-order valence-corrected chi connectivity index (χ0v) is 44.4. The van der Waals surface area contributed by atoms with Crippen molar-refractivity contribution in [3.05, 3.63) is 153 Å². The van der Waals surface area contributed by atoms with E-state index in [2.05, 4.69) is 18.7 Å². The summed E-state index contributed by atoms with van der Waals surface area (Å²) in [6.07, 6.45) is 21.0. The lowest BCUT2D eigenvalue weighted by Crippen LogP contribution is -2.49. The van der Waals surface area contributed by atoms with Gasteiger partial charge in [-0.15, -0.1) is 6.58 Å². The van der Waals surface area contributed by atoms with Gasteiger partial charge >= 0.3 is 29.8 Å². The Morgan fingerprint density at radius 3 is 1.08 bits per heavy atom. The number of carbonyl (C=O) groups excluding carboxylic acids is 6. The van der Waals surface area contributed by atoms with Crippen LogP contribution in [0.2, 0.25) is 0 Å². The first-order chi connectivity index (χ1) is 35.5. The minimum Gasteiger partial charge on any atom is -0.872 e. The zero-order chi connectivity index (χ0) is 56.3. The van der Waals surface area contributed by atoms with Gasteiger partial charge in [0.2, 0.25) is 6.54 Å². The number of methoxy groups -OCH3 is 4. The third kappa shape index (κ3) is 9.02. The number of aliphatic carboxylic acids is 3. The van der Waals surface area contributed by atoms with Crippen LogP contribution in [-0.4, -0.2) is 75.3 Å². The molecule has 4 aromatic heterocycles. The van der Waals surface area contributed by atoms with E-state index >= 15 is 0 Å². The van der Waals surface area contributed by atoms with Gasteiger partial charge in [0.1, 0.15) is 34.2 Å². The number of allylic oxidation sites excluding steroid dienone is 9. The molecule has 0 radical (unpaired) electrons. The summed E-state index contributed by atoms with van der Waals surface area (Å²) in [6, 6.07) is 0. The minimum atomic E-state index is -1.32.